The number of aromatic nitrogens is 2. The Kier molecular flexibility index (Phi) is 3.80. The molecule has 0 aliphatic carbocycles. The summed E-state index contributed by atoms with van der Waals surface area (Å²) in [6.07, 6.45) is 0.709. The molecule has 22 heavy (non-hydrogen) atoms. The van der Waals surface area contributed by atoms with Gasteiger partial charge in [-0.1, -0.05) is 6.92 Å². The first-order valence-corrected chi connectivity index (χ1v) is 7.02. The van der Waals surface area contributed by atoms with Crippen LogP contribution in [0, 0.1) is 18.3 Å². The van der Waals surface area contributed by atoms with E-state index in [0.717, 1.165) is 23.0 Å². The summed E-state index contributed by atoms with van der Waals surface area (Å²) < 4.78 is 11.2. The molecule has 2 aromatic rings. The normalized spacial score (nSPS) is 16.3. The second-order valence-corrected chi connectivity index (χ2v) is 5.10. The van der Waals surface area contributed by atoms with Crippen LogP contribution in [0.3, 0.4) is 0 Å². The van der Waals surface area contributed by atoms with Crippen molar-refractivity contribution in [3.05, 3.63) is 41.1 Å². The van der Waals surface area contributed by atoms with Gasteiger partial charge in [-0.25, -0.2) is 0 Å². The van der Waals surface area contributed by atoms with E-state index in [0.29, 0.717) is 11.6 Å². The molecule has 0 radical (unpaired) electrons. The first-order valence-electron chi connectivity index (χ1n) is 7.02. The predicted octanol–water partition coefficient (Wildman–Crippen LogP) is 1.62. The molecule has 1 aliphatic heterocycles. The number of fused-ring (bicyclic) bond motifs is 1. The molecule has 0 amide bonds. The fourth-order valence-electron chi connectivity index (χ4n) is 2.65. The van der Waals surface area contributed by atoms with Crippen LogP contribution in [0.2, 0.25) is 0 Å². The molecule has 1 unspecified atom stereocenters. The van der Waals surface area contributed by atoms with Crippen molar-refractivity contribution >= 4 is 12.6 Å². The van der Waals surface area contributed by atoms with Gasteiger partial charge in [0.1, 0.15) is 11.8 Å². The van der Waals surface area contributed by atoms with Crippen molar-refractivity contribution in [3.63, 3.8) is 0 Å². The minimum atomic E-state index is -0.936. The number of hydrogen-bond donors (Lipinski definition) is 1. The maximum Gasteiger partial charge on any atom is 0.492 e. The molecule has 1 atom stereocenters. The molecule has 1 aromatic carbocycles. The van der Waals surface area contributed by atoms with Crippen molar-refractivity contribution in [2.45, 2.75) is 26.4 Å². The van der Waals surface area contributed by atoms with Gasteiger partial charge in [0.2, 0.25) is 5.88 Å². The quantitative estimate of drug-likeness (QED) is 0.866. The summed E-state index contributed by atoms with van der Waals surface area (Å²) in [5.74, 6) is 0.841. The molecule has 3 rings (SSSR count). The van der Waals surface area contributed by atoms with Crippen LogP contribution in [0.1, 0.15) is 36.3 Å². The Hall–Kier alpha value is -2.43. The van der Waals surface area contributed by atoms with Gasteiger partial charge in [0.25, 0.3) is 0 Å². The van der Waals surface area contributed by atoms with Crippen LogP contribution < -0.4 is 10.2 Å². The molecule has 1 aromatic heterocycles. The second kappa shape index (κ2) is 5.75. The summed E-state index contributed by atoms with van der Waals surface area (Å²) in [4.78, 5) is 0. The van der Waals surface area contributed by atoms with Crippen LogP contribution in [-0.2, 0) is 4.65 Å². The third-order valence-electron chi connectivity index (χ3n) is 3.62. The summed E-state index contributed by atoms with van der Waals surface area (Å²) in [5, 5.41) is 26.3. The molecule has 7 heteroatoms. The van der Waals surface area contributed by atoms with Gasteiger partial charge in [0.15, 0.2) is 5.69 Å². The zero-order valence-corrected chi connectivity index (χ0v) is 12.3. The molecule has 1 N–H and O–H groups in total. The van der Waals surface area contributed by atoms with Gasteiger partial charge >= 0.3 is 7.12 Å². The summed E-state index contributed by atoms with van der Waals surface area (Å²) in [7, 11) is -0.936. The average molecular weight is 295 g/mol. The van der Waals surface area contributed by atoms with Crippen LogP contribution in [0.4, 0.5) is 0 Å². The molecule has 0 fully saturated rings. The lowest BCUT2D eigenvalue weighted by molar-refractivity contribution is 0.186. The Morgan fingerprint density at radius 3 is 2.86 bits per heavy atom. The highest BCUT2D eigenvalue weighted by molar-refractivity contribution is 6.61. The van der Waals surface area contributed by atoms with Crippen LogP contribution in [0.25, 0.3) is 0 Å². The standard InChI is InChI=1S/C15H14BN3O3/c1-3-13-15-9(2)6-11(7-12(15)16(20)22-13)21-14-5-4-10(8-17)18-19-14/h4-7,13,20H,3H2,1-2H3. The largest absolute Gasteiger partial charge is 0.492 e. The average Bonchev–Trinajstić information content (AvgIpc) is 2.85. The summed E-state index contributed by atoms with van der Waals surface area (Å²) in [6.45, 7) is 3.98. The molecular weight excluding hydrogens is 281 g/mol. The van der Waals surface area contributed by atoms with Crippen molar-refractivity contribution in [2.75, 3.05) is 0 Å². The van der Waals surface area contributed by atoms with E-state index in [2.05, 4.69) is 10.2 Å². The third kappa shape index (κ3) is 2.54. The monoisotopic (exact) mass is 295 g/mol. The third-order valence-corrected chi connectivity index (χ3v) is 3.62. The van der Waals surface area contributed by atoms with Crippen molar-refractivity contribution in [2.24, 2.45) is 0 Å². The van der Waals surface area contributed by atoms with Gasteiger partial charge in [-0.05, 0) is 48.1 Å². The van der Waals surface area contributed by atoms with Crippen LogP contribution in [0.15, 0.2) is 24.3 Å². The van der Waals surface area contributed by atoms with E-state index in [1.165, 1.54) is 6.07 Å². The van der Waals surface area contributed by atoms with E-state index in [1.54, 1.807) is 12.1 Å². The number of aryl methyl sites for hydroxylation is 1. The zero-order chi connectivity index (χ0) is 15.7. The van der Waals surface area contributed by atoms with Gasteiger partial charge in [-0.3, -0.25) is 0 Å². The van der Waals surface area contributed by atoms with E-state index in [4.69, 9.17) is 14.7 Å². The Labute approximate surface area is 128 Å². The number of rotatable bonds is 3. The molecule has 6 nitrogen and oxygen atoms in total. The Morgan fingerprint density at radius 2 is 2.23 bits per heavy atom. The first-order chi connectivity index (χ1) is 10.6. The van der Waals surface area contributed by atoms with Crippen molar-refractivity contribution in [1.29, 1.82) is 5.26 Å². The minimum Gasteiger partial charge on any atom is -0.438 e. The lowest BCUT2D eigenvalue weighted by Crippen LogP contribution is -2.28. The number of nitriles is 1. The summed E-state index contributed by atoms with van der Waals surface area (Å²) in [6, 6.07) is 8.64. The molecule has 0 bridgehead atoms. The highest BCUT2D eigenvalue weighted by atomic mass is 16.5. The van der Waals surface area contributed by atoms with E-state index < -0.39 is 7.12 Å². The van der Waals surface area contributed by atoms with Crippen molar-refractivity contribution < 1.29 is 14.4 Å². The predicted molar refractivity (Wildman–Crippen MR) is 79.7 cm³/mol. The minimum absolute atomic E-state index is 0.0891. The number of nitrogens with zero attached hydrogens (tertiary/aromatic N) is 3. The van der Waals surface area contributed by atoms with E-state index in [1.807, 2.05) is 26.0 Å². The van der Waals surface area contributed by atoms with Crippen LogP contribution in [0.5, 0.6) is 11.6 Å². The van der Waals surface area contributed by atoms with Gasteiger partial charge < -0.3 is 14.4 Å². The Bertz CT molecular complexity index is 743. The van der Waals surface area contributed by atoms with E-state index in [-0.39, 0.29) is 11.8 Å². The Morgan fingerprint density at radius 1 is 1.41 bits per heavy atom. The maximum absolute atomic E-state index is 10.0. The number of benzene rings is 1. The summed E-state index contributed by atoms with van der Waals surface area (Å²) in [5.41, 5.74) is 2.97. The SMILES string of the molecule is CCC1OB(O)c2cc(Oc3ccc(C#N)nn3)cc(C)c21. The van der Waals surface area contributed by atoms with Gasteiger partial charge in [-0.2, -0.15) is 5.26 Å². The van der Waals surface area contributed by atoms with E-state index in [9.17, 15) is 5.02 Å². The fourth-order valence-corrected chi connectivity index (χ4v) is 2.65. The lowest BCUT2D eigenvalue weighted by Gasteiger charge is -2.13. The van der Waals surface area contributed by atoms with Gasteiger partial charge in [0, 0.05) is 6.07 Å². The highest BCUT2D eigenvalue weighted by Crippen LogP contribution is 2.32. The van der Waals surface area contributed by atoms with Gasteiger partial charge in [-0.15, -0.1) is 10.2 Å². The molecule has 110 valence electrons. The molecule has 1 aliphatic rings. The fraction of sp³-hybridized carbons (Fsp3) is 0.267. The smallest absolute Gasteiger partial charge is 0.438 e. The van der Waals surface area contributed by atoms with Crippen molar-refractivity contribution in [1.82, 2.24) is 10.2 Å². The first kappa shape index (κ1) is 14.5. The molecule has 0 saturated carbocycles. The van der Waals surface area contributed by atoms with E-state index >= 15 is 0 Å². The van der Waals surface area contributed by atoms with Gasteiger partial charge in [0.05, 0.1) is 6.10 Å². The zero-order valence-electron chi connectivity index (χ0n) is 12.3. The highest BCUT2D eigenvalue weighted by Gasteiger charge is 2.35. The topological polar surface area (TPSA) is 88.3 Å². The van der Waals surface area contributed by atoms with Crippen molar-refractivity contribution in [3.8, 4) is 17.7 Å². The maximum atomic E-state index is 10.0. The summed E-state index contributed by atoms with van der Waals surface area (Å²) >= 11 is 0. The molecule has 2 heterocycles. The van der Waals surface area contributed by atoms with Crippen LogP contribution >= 0.6 is 0 Å². The molecule has 0 saturated heterocycles. The number of ether oxygens (including phenoxy) is 1. The van der Waals surface area contributed by atoms with Crippen LogP contribution in [-0.4, -0.2) is 22.3 Å². The number of hydrogen-bond acceptors (Lipinski definition) is 6. The molecular formula is C15H14BN3O3. The Balaban J connectivity index is 1.91. The molecule has 0 spiro atoms. The lowest BCUT2D eigenvalue weighted by atomic mass is 9.77. The second-order valence-electron chi connectivity index (χ2n) is 5.10.